The average molecular weight is 239 g/mol. The second-order valence-corrected chi connectivity index (χ2v) is 4.49. The summed E-state index contributed by atoms with van der Waals surface area (Å²) in [6.45, 7) is 7.02. The van der Waals surface area contributed by atoms with Gasteiger partial charge in [-0.15, -0.1) is 0 Å². The van der Waals surface area contributed by atoms with Crippen molar-refractivity contribution < 1.29 is 9.13 Å². The van der Waals surface area contributed by atoms with Gasteiger partial charge in [-0.2, -0.15) is 0 Å². The Morgan fingerprint density at radius 1 is 1.35 bits per heavy atom. The van der Waals surface area contributed by atoms with Crippen LogP contribution in [0.5, 0.6) is 5.75 Å². The fraction of sp³-hybridized carbons (Fsp3) is 0.571. The van der Waals surface area contributed by atoms with Gasteiger partial charge >= 0.3 is 0 Å². The Kier molecular flexibility index (Phi) is 5.42. The molecule has 0 bridgehead atoms. The topological polar surface area (TPSA) is 21.3 Å². The Balaban J connectivity index is 2.63. The number of benzene rings is 1. The molecule has 1 N–H and O–H groups in total. The van der Waals surface area contributed by atoms with E-state index in [1.165, 1.54) is 7.11 Å². The molecule has 0 radical (unpaired) electrons. The van der Waals surface area contributed by atoms with Crippen LogP contribution in [0.25, 0.3) is 0 Å². The minimum Gasteiger partial charge on any atom is -0.494 e. The second kappa shape index (κ2) is 6.60. The van der Waals surface area contributed by atoms with Gasteiger partial charge in [0.2, 0.25) is 0 Å². The molecule has 2 nitrogen and oxygen atoms in total. The molecule has 3 heteroatoms. The Labute approximate surface area is 103 Å². The van der Waals surface area contributed by atoms with Crippen LogP contribution in [0.2, 0.25) is 0 Å². The van der Waals surface area contributed by atoms with Crippen LogP contribution in [-0.4, -0.2) is 13.2 Å². The molecule has 2 unspecified atom stereocenters. The molecule has 1 aromatic rings. The number of hydrogen-bond donors (Lipinski definition) is 1. The van der Waals surface area contributed by atoms with Gasteiger partial charge in [0.15, 0.2) is 11.6 Å². The third-order valence-corrected chi connectivity index (χ3v) is 3.38. The van der Waals surface area contributed by atoms with Crippen LogP contribution >= 0.6 is 0 Å². The molecule has 0 amide bonds. The van der Waals surface area contributed by atoms with Crippen LogP contribution in [0.4, 0.5) is 4.39 Å². The van der Waals surface area contributed by atoms with Gasteiger partial charge in [0.1, 0.15) is 0 Å². The van der Waals surface area contributed by atoms with Crippen molar-refractivity contribution in [3.05, 3.63) is 29.6 Å². The number of rotatable bonds is 6. The number of methoxy groups -OCH3 is 1. The quantitative estimate of drug-likeness (QED) is 0.822. The smallest absolute Gasteiger partial charge is 0.169 e. The normalized spacial score (nSPS) is 14.4. The first kappa shape index (κ1) is 14.0. The molecule has 1 aromatic carbocycles. The van der Waals surface area contributed by atoms with E-state index in [1.807, 2.05) is 6.07 Å². The van der Waals surface area contributed by atoms with Crippen LogP contribution in [-0.2, 0) is 6.54 Å². The first-order chi connectivity index (χ1) is 8.10. The number of halogens is 1. The zero-order chi connectivity index (χ0) is 12.8. The highest BCUT2D eigenvalue weighted by molar-refractivity contribution is 5.30. The van der Waals surface area contributed by atoms with E-state index >= 15 is 0 Å². The zero-order valence-electron chi connectivity index (χ0n) is 11.1. The van der Waals surface area contributed by atoms with Crippen molar-refractivity contribution in [2.75, 3.05) is 7.11 Å². The van der Waals surface area contributed by atoms with Crippen molar-refractivity contribution in [1.82, 2.24) is 5.32 Å². The first-order valence-electron chi connectivity index (χ1n) is 6.14. The van der Waals surface area contributed by atoms with Crippen molar-refractivity contribution in [2.24, 2.45) is 5.92 Å². The molecule has 17 heavy (non-hydrogen) atoms. The molecule has 0 aromatic heterocycles. The third-order valence-electron chi connectivity index (χ3n) is 3.38. The van der Waals surface area contributed by atoms with Crippen LogP contribution in [0.3, 0.4) is 0 Å². The van der Waals surface area contributed by atoms with Gasteiger partial charge in [0, 0.05) is 18.2 Å². The van der Waals surface area contributed by atoms with Gasteiger partial charge < -0.3 is 10.1 Å². The Morgan fingerprint density at radius 3 is 2.65 bits per heavy atom. The highest BCUT2D eigenvalue weighted by Gasteiger charge is 2.12. The Hall–Kier alpha value is -1.09. The standard InChI is InChI=1S/C14H22FNO/c1-5-10(2)11(3)16-9-12-7-6-8-13(17-4)14(12)15/h6-8,10-11,16H,5,9H2,1-4H3. The maximum Gasteiger partial charge on any atom is 0.169 e. The second-order valence-electron chi connectivity index (χ2n) is 4.49. The highest BCUT2D eigenvalue weighted by atomic mass is 19.1. The summed E-state index contributed by atoms with van der Waals surface area (Å²) in [6, 6.07) is 5.61. The maximum atomic E-state index is 13.8. The average Bonchev–Trinajstić information content (AvgIpc) is 2.36. The molecule has 2 atom stereocenters. The molecular weight excluding hydrogens is 217 g/mol. The maximum absolute atomic E-state index is 13.8. The molecule has 0 aliphatic rings. The van der Waals surface area contributed by atoms with Crippen molar-refractivity contribution in [1.29, 1.82) is 0 Å². The van der Waals surface area contributed by atoms with E-state index in [9.17, 15) is 4.39 Å². The fourth-order valence-corrected chi connectivity index (χ4v) is 1.68. The summed E-state index contributed by atoms with van der Waals surface area (Å²) >= 11 is 0. The minimum absolute atomic E-state index is 0.265. The lowest BCUT2D eigenvalue weighted by Crippen LogP contribution is -2.31. The van der Waals surface area contributed by atoms with Gasteiger partial charge in [-0.25, -0.2) is 4.39 Å². The Bertz CT molecular complexity index is 354. The number of hydrogen-bond acceptors (Lipinski definition) is 2. The van der Waals surface area contributed by atoms with E-state index in [0.717, 1.165) is 6.42 Å². The van der Waals surface area contributed by atoms with Crippen molar-refractivity contribution in [3.63, 3.8) is 0 Å². The van der Waals surface area contributed by atoms with E-state index in [4.69, 9.17) is 4.74 Å². The van der Waals surface area contributed by atoms with E-state index in [2.05, 4.69) is 26.1 Å². The van der Waals surface area contributed by atoms with Gasteiger partial charge in [0.25, 0.3) is 0 Å². The Morgan fingerprint density at radius 2 is 2.06 bits per heavy atom. The van der Waals surface area contributed by atoms with Crippen LogP contribution < -0.4 is 10.1 Å². The summed E-state index contributed by atoms with van der Waals surface area (Å²) in [7, 11) is 1.48. The summed E-state index contributed by atoms with van der Waals surface area (Å²) in [5.74, 6) is 0.628. The molecule has 0 heterocycles. The monoisotopic (exact) mass is 239 g/mol. The minimum atomic E-state index is -0.265. The van der Waals surface area contributed by atoms with Crippen LogP contribution in [0.1, 0.15) is 32.8 Å². The number of nitrogens with one attached hydrogen (secondary N) is 1. The summed E-state index contributed by atoms with van der Waals surface area (Å²) in [5.41, 5.74) is 0.652. The highest BCUT2D eigenvalue weighted by Crippen LogP contribution is 2.20. The molecular formula is C14H22FNO. The zero-order valence-corrected chi connectivity index (χ0v) is 11.1. The SMILES string of the molecule is CCC(C)C(C)NCc1cccc(OC)c1F. The molecule has 0 aliphatic carbocycles. The largest absolute Gasteiger partial charge is 0.494 e. The van der Waals surface area contributed by atoms with E-state index in [0.29, 0.717) is 29.8 Å². The number of ether oxygens (including phenoxy) is 1. The van der Waals surface area contributed by atoms with Gasteiger partial charge in [-0.3, -0.25) is 0 Å². The van der Waals surface area contributed by atoms with E-state index in [1.54, 1.807) is 12.1 Å². The van der Waals surface area contributed by atoms with Crippen molar-refractivity contribution >= 4 is 0 Å². The molecule has 0 aliphatic heterocycles. The predicted molar refractivity (Wildman–Crippen MR) is 68.7 cm³/mol. The van der Waals surface area contributed by atoms with Gasteiger partial charge in [0.05, 0.1) is 7.11 Å². The summed E-state index contributed by atoms with van der Waals surface area (Å²) in [4.78, 5) is 0. The van der Waals surface area contributed by atoms with Gasteiger partial charge in [-0.05, 0) is 18.9 Å². The first-order valence-corrected chi connectivity index (χ1v) is 6.14. The van der Waals surface area contributed by atoms with Crippen molar-refractivity contribution in [3.8, 4) is 5.75 Å². The molecule has 0 fully saturated rings. The summed E-state index contributed by atoms with van der Waals surface area (Å²) < 4.78 is 18.8. The molecule has 1 rings (SSSR count). The molecule has 0 saturated heterocycles. The molecule has 96 valence electrons. The molecule has 0 saturated carbocycles. The lowest BCUT2D eigenvalue weighted by Gasteiger charge is -2.20. The summed E-state index contributed by atoms with van der Waals surface area (Å²) in [5, 5.41) is 3.35. The van der Waals surface area contributed by atoms with Gasteiger partial charge in [-0.1, -0.05) is 32.4 Å². The lowest BCUT2D eigenvalue weighted by molar-refractivity contribution is 0.372. The van der Waals surface area contributed by atoms with Crippen molar-refractivity contribution in [2.45, 2.75) is 39.8 Å². The lowest BCUT2D eigenvalue weighted by atomic mass is 10.0. The third kappa shape index (κ3) is 3.70. The van der Waals surface area contributed by atoms with E-state index in [-0.39, 0.29) is 5.82 Å². The fourth-order valence-electron chi connectivity index (χ4n) is 1.68. The summed E-state index contributed by atoms with van der Waals surface area (Å²) in [6.07, 6.45) is 1.12. The van der Waals surface area contributed by atoms with E-state index < -0.39 is 0 Å². The molecule has 0 spiro atoms. The van der Waals surface area contributed by atoms with Crippen LogP contribution in [0.15, 0.2) is 18.2 Å². The van der Waals surface area contributed by atoms with Crippen LogP contribution in [0, 0.1) is 11.7 Å². The predicted octanol–water partition coefficient (Wildman–Crippen LogP) is 3.36.